The van der Waals surface area contributed by atoms with Crippen LogP contribution in [0.2, 0.25) is 0 Å². The van der Waals surface area contributed by atoms with Crippen molar-refractivity contribution < 1.29 is 33.4 Å². The van der Waals surface area contributed by atoms with Crippen molar-refractivity contribution in [3.63, 3.8) is 0 Å². The standard InChI is InChI=1S/C23H20FN3O6/c1-10(28)19-17-18(23(26-19)13-7-12(24)3-4-14(13)25-22(23)31)21(30)27(20(17)29)8-11-2-5-15-16(6-11)33-9-32-15/h2-7,10,17-19,26,28H,8-9H2,1H3,(H,25,31)/t10-,17-,18-,19-,23+/m0/s1. The molecule has 4 aliphatic rings. The number of fused-ring (bicyclic) bond motifs is 5. The number of benzene rings is 2. The molecule has 2 saturated heterocycles. The van der Waals surface area contributed by atoms with Crippen LogP contribution in [0.15, 0.2) is 36.4 Å². The average Bonchev–Trinajstić information content (AvgIpc) is 3.51. The molecule has 4 heterocycles. The highest BCUT2D eigenvalue weighted by atomic mass is 19.1. The highest BCUT2D eigenvalue weighted by Crippen LogP contribution is 2.53. The Morgan fingerprint density at radius 3 is 2.73 bits per heavy atom. The van der Waals surface area contributed by atoms with Gasteiger partial charge in [-0.15, -0.1) is 0 Å². The molecule has 0 radical (unpaired) electrons. The fourth-order valence-electron chi connectivity index (χ4n) is 5.56. The third-order valence-electron chi connectivity index (χ3n) is 7.00. The summed E-state index contributed by atoms with van der Waals surface area (Å²) in [7, 11) is 0. The molecule has 0 saturated carbocycles. The summed E-state index contributed by atoms with van der Waals surface area (Å²) in [5, 5.41) is 16.2. The topological polar surface area (TPSA) is 117 Å². The predicted molar refractivity (Wildman–Crippen MR) is 110 cm³/mol. The SMILES string of the molecule is C[C@H](O)[C@@H]1N[C@@]2(C(=O)Nc3ccc(F)cc32)[C@@H]2C(=O)N(Cc3ccc4c(c3)OCO4)C(=O)[C@H]12. The van der Waals surface area contributed by atoms with E-state index in [1.54, 1.807) is 18.2 Å². The zero-order valence-corrected chi connectivity index (χ0v) is 17.5. The van der Waals surface area contributed by atoms with E-state index in [1.165, 1.54) is 25.1 Å². The second-order valence-electron chi connectivity index (χ2n) is 8.82. The lowest BCUT2D eigenvalue weighted by Crippen LogP contribution is -2.54. The van der Waals surface area contributed by atoms with Gasteiger partial charge in [0.1, 0.15) is 11.4 Å². The zero-order valence-electron chi connectivity index (χ0n) is 17.5. The Hall–Kier alpha value is -3.50. The molecule has 170 valence electrons. The van der Waals surface area contributed by atoms with Crippen LogP contribution in [0.25, 0.3) is 0 Å². The molecule has 2 aromatic carbocycles. The van der Waals surface area contributed by atoms with Crippen molar-refractivity contribution in [3.8, 4) is 11.5 Å². The van der Waals surface area contributed by atoms with Crippen molar-refractivity contribution in [2.45, 2.75) is 31.2 Å². The van der Waals surface area contributed by atoms with Gasteiger partial charge in [0.25, 0.3) is 0 Å². The molecule has 2 aromatic rings. The average molecular weight is 453 g/mol. The van der Waals surface area contributed by atoms with Crippen molar-refractivity contribution in [1.29, 1.82) is 0 Å². The molecular formula is C23H20FN3O6. The Kier molecular flexibility index (Phi) is 4.12. The van der Waals surface area contributed by atoms with Crippen molar-refractivity contribution in [2.75, 3.05) is 12.1 Å². The van der Waals surface area contributed by atoms with Crippen LogP contribution in [0.3, 0.4) is 0 Å². The van der Waals surface area contributed by atoms with Gasteiger partial charge in [0.05, 0.1) is 24.5 Å². The molecule has 4 aliphatic heterocycles. The van der Waals surface area contributed by atoms with Crippen LogP contribution in [0.4, 0.5) is 10.1 Å². The number of anilines is 1. The van der Waals surface area contributed by atoms with Crippen LogP contribution in [0.5, 0.6) is 11.5 Å². The fraction of sp³-hybridized carbons (Fsp3) is 0.348. The Labute approximate surface area is 187 Å². The lowest BCUT2D eigenvalue weighted by molar-refractivity contribution is -0.143. The van der Waals surface area contributed by atoms with Crippen molar-refractivity contribution in [3.05, 3.63) is 53.3 Å². The summed E-state index contributed by atoms with van der Waals surface area (Å²) >= 11 is 0. The summed E-state index contributed by atoms with van der Waals surface area (Å²) in [5.74, 6) is -3.17. The van der Waals surface area contributed by atoms with E-state index in [9.17, 15) is 23.9 Å². The summed E-state index contributed by atoms with van der Waals surface area (Å²) in [6.07, 6.45) is -1.04. The van der Waals surface area contributed by atoms with Crippen molar-refractivity contribution >= 4 is 23.4 Å². The minimum absolute atomic E-state index is 0.0262. The van der Waals surface area contributed by atoms with Crippen LogP contribution < -0.4 is 20.1 Å². The lowest BCUT2D eigenvalue weighted by atomic mass is 9.76. The summed E-state index contributed by atoms with van der Waals surface area (Å²) in [5.41, 5.74) is -0.371. The third kappa shape index (κ3) is 2.61. The van der Waals surface area contributed by atoms with E-state index in [4.69, 9.17) is 9.47 Å². The number of imide groups is 1. The molecule has 3 amide bonds. The number of likely N-dealkylation sites (tertiary alicyclic amines) is 1. The highest BCUT2D eigenvalue weighted by molar-refractivity contribution is 6.15. The van der Waals surface area contributed by atoms with Gasteiger partial charge >= 0.3 is 0 Å². The van der Waals surface area contributed by atoms with Gasteiger partial charge in [-0.2, -0.15) is 0 Å². The quantitative estimate of drug-likeness (QED) is 0.590. The molecule has 2 fully saturated rings. The Bertz CT molecular complexity index is 1230. The third-order valence-corrected chi connectivity index (χ3v) is 7.00. The largest absolute Gasteiger partial charge is 0.454 e. The van der Waals surface area contributed by atoms with Gasteiger partial charge in [0.2, 0.25) is 24.5 Å². The summed E-state index contributed by atoms with van der Waals surface area (Å²) < 4.78 is 24.9. The molecular weight excluding hydrogens is 433 g/mol. The van der Waals surface area contributed by atoms with Gasteiger partial charge in [0, 0.05) is 17.3 Å². The van der Waals surface area contributed by atoms with Gasteiger partial charge in [-0.1, -0.05) is 6.07 Å². The first-order valence-electron chi connectivity index (χ1n) is 10.6. The first kappa shape index (κ1) is 20.1. The van der Waals surface area contributed by atoms with Crippen molar-refractivity contribution in [1.82, 2.24) is 10.2 Å². The first-order valence-corrected chi connectivity index (χ1v) is 10.6. The number of hydrogen-bond donors (Lipinski definition) is 3. The number of carbonyl (C=O) groups is 3. The van der Waals surface area contributed by atoms with Crippen LogP contribution in [-0.2, 0) is 26.5 Å². The van der Waals surface area contributed by atoms with Gasteiger partial charge < -0.3 is 19.9 Å². The molecule has 0 aromatic heterocycles. The molecule has 6 rings (SSSR count). The molecule has 0 bridgehead atoms. The Morgan fingerprint density at radius 1 is 1.15 bits per heavy atom. The van der Waals surface area contributed by atoms with Crippen LogP contribution in [0, 0.1) is 17.7 Å². The maximum Gasteiger partial charge on any atom is 0.250 e. The number of rotatable bonds is 3. The molecule has 0 unspecified atom stereocenters. The first-order chi connectivity index (χ1) is 15.8. The van der Waals surface area contributed by atoms with Gasteiger partial charge in [-0.25, -0.2) is 4.39 Å². The minimum Gasteiger partial charge on any atom is -0.454 e. The zero-order chi connectivity index (χ0) is 23.1. The molecule has 0 aliphatic carbocycles. The predicted octanol–water partition coefficient (Wildman–Crippen LogP) is 0.856. The number of aliphatic hydroxyl groups excluding tert-OH is 1. The number of nitrogens with zero attached hydrogens (tertiary/aromatic N) is 1. The van der Waals surface area contributed by atoms with E-state index >= 15 is 0 Å². The van der Waals surface area contributed by atoms with Crippen molar-refractivity contribution in [2.24, 2.45) is 11.8 Å². The number of hydrogen-bond acceptors (Lipinski definition) is 7. The van der Waals surface area contributed by atoms with Crippen LogP contribution in [-0.4, -0.2) is 46.7 Å². The second-order valence-corrected chi connectivity index (χ2v) is 8.82. The molecule has 10 heteroatoms. The molecule has 1 spiro atoms. The van der Waals surface area contributed by atoms with Gasteiger partial charge in [0.15, 0.2) is 11.5 Å². The monoisotopic (exact) mass is 453 g/mol. The number of ether oxygens (including phenoxy) is 2. The van der Waals surface area contributed by atoms with E-state index in [0.717, 1.165) is 4.90 Å². The van der Waals surface area contributed by atoms with Gasteiger partial charge in [-0.05, 0) is 42.8 Å². The maximum absolute atomic E-state index is 14.2. The molecule has 9 nitrogen and oxygen atoms in total. The number of amides is 3. The van der Waals surface area contributed by atoms with E-state index in [0.29, 0.717) is 22.7 Å². The Morgan fingerprint density at radius 2 is 1.94 bits per heavy atom. The minimum atomic E-state index is -1.65. The summed E-state index contributed by atoms with van der Waals surface area (Å²) in [6, 6.07) is 8.10. The van der Waals surface area contributed by atoms with E-state index in [2.05, 4.69) is 10.6 Å². The highest BCUT2D eigenvalue weighted by Gasteiger charge is 2.71. The van der Waals surface area contributed by atoms with E-state index in [-0.39, 0.29) is 18.9 Å². The Balaban J connectivity index is 1.42. The number of halogens is 1. The number of carbonyl (C=O) groups excluding carboxylic acids is 3. The molecule has 5 atom stereocenters. The maximum atomic E-state index is 14.2. The molecule has 3 N–H and O–H groups in total. The van der Waals surface area contributed by atoms with E-state index in [1.807, 2.05) is 0 Å². The summed E-state index contributed by atoms with van der Waals surface area (Å²) in [6.45, 7) is 1.56. The van der Waals surface area contributed by atoms with Gasteiger partial charge in [-0.3, -0.25) is 24.6 Å². The summed E-state index contributed by atoms with van der Waals surface area (Å²) in [4.78, 5) is 41.5. The normalized spacial score (nSPS) is 30.1. The van der Waals surface area contributed by atoms with Crippen LogP contribution >= 0.6 is 0 Å². The second kappa shape index (κ2) is 6.75. The molecule has 33 heavy (non-hydrogen) atoms. The number of aliphatic hydroxyl groups is 1. The smallest absolute Gasteiger partial charge is 0.250 e. The fourth-order valence-corrected chi connectivity index (χ4v) is 5.56. The van der Waals surface area contributed by atoms with Crippen LogP contribution in [0.1, 0.15) is 18.1 Å². The lowest BCUT2D eigenvalue weighted by Gasteiger charge is -2.30. The van der Waals surface area contributed by atoms with E-state index < -0.39 is 53.1 Å². The number of nitrogens with one attached hydrogen (secondary N) is 2.